The predicted molar refractivity (Wildman–Crippen MR) is 118 cm³/mol. The molecule has 1 aromatic carbocycles. The molecule has 0 saturated carbocycles. The molecular formula is C24H24O4S. The molecular weight excluding hydrogens is 384 g/mol. The van der Waals surface area contributed by atoms with Crippen LogP contribution in [-0.2, 0) is 10.2 Å². The van der Waals surface area contributed by atoms with E-state index in [0.717, 1.165) is 20.5 Å². The minimum atomic E-state index is -0.929. The molecule has 0 atom stereocenters. The van der Waals surface area contributed by atoms with Gasteiger partial charge in [-0.1, -0.05) is 39.0 Å². The fourth-order valence-corrected chi connectivity index (χ4v) is 5.59. The Balaban J connectivity index is 2.09. The maximum atomic E-state index is 13.3. The highest BCUT2D eigenvalue weighted by molar-refractivity contribution is 7.19. The summed E-state index contributed by atoms with van der Waals surface area (Å²) in [5.74, 6) is 0.398. The summed E-state index contributed by atoms with van der Waals surface area (Å²) >= 11 is 1.65. The van der Waals surface area contributed by atoms with Gasteiger partial charge in [-0.05, 0) is 32.3 Å². The molecule has 0 spiro atoms. The number of hydrogen-bond donors (Lipinski definition) is 1. The Labute approximate surface area is 173 Å². The summed E-state index contributed by atoms with van der Waals surface area (Å²) in [6, 6.07) is 9.45. The smallest absolute Gasteiger partial charge is 0.196 e. The van der Waals surface area contributed by atoms with Gasteiger partial charge in [0.15, 0.2) is 11.2 Å². The Bertz CT molecular complexity index is 1220. The van der Waals surface area contributed by atoms with Gasteiger partial charge >= 0.3 is 0 Å². The molecule has 4 rings (SSSR count). The van der Waals surface area contributed by atoms with Crippen molar-refractivity contribution in [1.29, 1.82) is 0 Å². The van der Waals surface area contributed by atoms with Crippen molar-refractivity contribution < 1.29 is 14.3 Å². The number of aliphatic hydroxyl groups excluding tert-OH is 1. The lowest BCUT2D eigenvalue weighted by molar-refractivity contribution is -0.122. The van der Waals surface area contributed by atoms with E-state index < -0.39 is 5.41 Å². The van der Waals surface area contributed by atoms with Gasteiger partial charge in [0.25, 0.3) is 0 Å². The quantitative estimate of drug-likeness (QED) is 0.562. The Morgan fingerprint density at radius 1 is 1.07 bits per heavy atom. The molecule has 1 aliphatic carbocycles. The summed E-state index contributed by atoms with van der Waals surface area (Å²) in [6.45, 7) is 7.68. The summed E-state index contributed by atoms with van der Waals surface area (Å²) in [7, 11) is 0. The molecule has 0 unspecified atom stereocenters. The van der Waals surface area contributed by atoms with Crippen LogP contribution in [0.4, 0.5) is 0 Å². The van der Waals surface area contributed by atoms with E-state index in [0.29, 0.717) is 36.4 Å². The maximum absolute atomic E-state index is 13.3. The van der Waals surface area contributed by atoms with Crippen molar-refractivity contribution in [2.24, 2.45) is 0 Å². The van der Waals surface area contributed by atoms with E-state index in [4.69, 9.17) is 4.42 Å². The number of thiophene rings is 1. The number of carbonyl (C=O) groups is 1. The molecule has 4 nitrogen and oxygen atoms in total. The third-order valence-corrected chi connectivity index (χ3v) is 7.28. The topological polar surface area (TPSA) is 67.5 Å². The summed E-state index contributed by atoms with van der Waals surface area (Å²) in [6.07, 6.45) is 1.38. The summed E-state index contributed by atoms with van der Waals surface area (Å²) in [5, 5.41) is 11.8. The fraction of sp³-hybridized carbons (Fsp3) is 0.333. The molecule has 0 fully saturated rings. The van der Waals surface area contributed by atoms with Crippen molar-refractivity contribution >= 4 is 33.0 Å². The monoisotopic (exact) mass is 408 g/mol. The van der Waals surface area contributed by atoms with Crippen molar-refractivity contribution in [3.63, 3.8) is 0 Å². The molecule has 0 bridgehead atoms. The van der Waals surface area contributed by atoms with Crippen LogP contribution in [0.2, 0.25) is 0 Å². The normalized spacial score (nSPS) is 15.8. The van der Waals surface area contributed by atoms with E-state index >= 15 is 0 Å². The van der Waals surface area contributed by atoms with Gasteiger partial charge in [-0.3, -0.25) is 9.59 Å². The van der Waals surface area contributed by atoms with Crippen LogP contribution < -0.4 is 5.43 Å². The molecule has 150 valence electrons. The zero-order valence-corrected chi connectivity index (χ0v) is 17.9. The number of hydrogen-bond acceptors (Lipinski definition) is 5. The Morgan fingerprint density at radius 3 is 2.41 bits per heavy atom. The third-order valence-electron chi connectivity index (χ3n) is 6.19. The minimum Gasteiger partial charge on any atom is -0.507 e. The molecule has 2 aromatic heterocycles. The zero-order valence-electron chi connectivity index (χ0n) is 17.1. The van der Waals surface area contributed by atoms with Crippen molar-refractivity contribution in [3.05, 3.63) is 62.3 Å². The van der Waals surface area contributed by atoms with Crippen LogP contribution in [0, 0.1) is 6.92 Å². The van der Waals surface area contributed by atoms with E-state index in [2.05, 4.69) is 0 Å². The number of Topliss-reactive ketones (excluding diaryl/α,β-unsaturated/α-hetero) is 1. The number of allylic oxidation sites excluding steroid dienone is 1. The van der Waals surface area contributed by atoms with Crippen LogP contribution >= 0.6 is 11.3 Å². The van der Waals surface area contributed by atoms with Gasteiger partial charge in [0, 0.05) is 32.2 Å². The number of fused-ring (bicyclic) bond motifs is 2. The molecule has 1 N–H and O–H groups in total. The molecule has 1 aliphatic rings. The first kappa shape index (κ1) is 19.6. The molecule has 2 heterocycles. The average Bonchev–Trinajstić information content (AvgIpc) is 3.04. The van der Waals surface area contributed by atoms with Crippen LogP contribution in [0.25, 0.3) is 27.2 Å². The zero-order chi connectivity index (χ0) is 20.9. The van der Waals surface area contributed by atoms with Crippen LogP contribution in [0.5, 0.6) is 0 Å². The van der Waals surface area contributed by atoms with Gasteiger partial charge in [-0.2, -0.15) is 0 Å². The second kappa shape index (κ2) is 6.99. The van der Waals surface area contributed by atoms with Gasteiger partial charge in [0.2, 0.25) is 0 Å². The molecule has 3 aromatic rings. The molecule has 29 heavy (non-hydrogen) atoms. The lowest BCUT2D eigenvalue weighted by atomic mass is 9.68. The number of aryl methyl sites for hydroxylation is 1. The first-order valence-electron chi connectivity index (χ1n) is 10.0. The highest BCUT2D eigenvalue weighted by Gasteiger charge is 2.48. The van der Waals surface area contributed by atoms with E-state index in [1.165, 1.54) is 6.07 Å². The maximum Gasteiger partial charge on any atom is 0.196 e. The van der Waals surface area contributed by atoms with Crippen molar-refractivity contribution in [1.82, 2.24) is 0 Å². The Morgan fingerprint density at radius 2 is 1.76 bits per heavy atom. The van der Waals surface area contributed by atoms with Crippen molar-refractivity contribution in [3.8, 4) is 11.3 Å². The summed E-state index contributed by atoms with van der Waals surface area (Å²) in [4.78, 5) is 27.5. The van der Waals surface area contributed by atoms with Crippen LogP contribution in [-0.4, -0.2) is 10.9 Å². The first-order valence-corrected chi connectivity index (χ1v) is 10.9. The highest BCUT2D eigenvalue weighted by Crippen LogP contribution is 2.46. The van der Waals surface area contributed by atoms with Crippen LogP contribution in [0.3, 0.4) is 0 Å². The number of carbonyl (C=O) groups excluding carboxylic acids is 1. The second-order valence-corrected chi connectivity index (χ2v) is 8.76. The Kier molecular flexibility index (Phi) is 4.74. The van der Waals surface area contributed by atoms with Crippen molar-refractivity contribution in [2.75, 3.05) is 0 Å². The molecule has 0 radical (unpaired) electrons. The first-order chi connectivity index (χ1) is 13.9. The van der Waals surface area contributed by atoms with Gasteiger partial charge < -0.3 is 9.52 Å². The largest absolute Gasteiger partial charge is 0.507 e. The van der Waals surface area contributed by atoms with Crippen molar-refractivity contribution in [2.45, 2.75) is 52.4 Å². The number of ketones is 1. The van der Waals surface area contributed by atoms with E-state index in [1.807, 2.05) is 52.0 Å². The van der Waals surface area contributed by atoms with Crippen LogP contribution in [0.15, 0.2) is 45.1 Å². The fourth-order valence-electron chi connectivity index (χ4n) is 4.52. The Hall–Kier alpha value is -2.66. The van der Waals surface area contributed by atoms with E-state index in [9.17, 15) is 14.7 Å². The third kappa shape index (κ3) is 2.64. The molecule has 0 saturated heterocycles. The minimum absolute atomic E-state index is 0.137. The molecule has 0 amide bonds. The van der Waals surface area contributed by atoms with Gasteiger partial charge in [0.05, 0.1) is 5.41 Å². The number of benzene rings is 1. The number of rotatable bonds is 4. The summed E-state index contributed by atoms with van der Waals surface area (Å²) in [5.41, 5.74) is 0.105. The lowest BCUT2D eigenvalue weighted by Crippen LogP contribution is -2.41. The molecule has 5 heteroatoms. The second-order valence-electron chi connectivity index (χ2n) is 7.51. The van der Waals surface area contributed by atoms with Gasteiger partial charge in [-0.25, -0.2) is 0 Å². The van der Waals surface area contributed by atoms with Gasteiger partial charge in [0.1, 0.15) is 22.8 Å². The highest BCUT2D eigenvalue weighted by atomic mass is 32.1. The lowest BCUT2D eigenvalue weighted by Gasteiger charge is -2.35. The average molecular weight is 409 g/mol. The van der Waals surface area contributed by atoms with E-state index in [-0.39, 0.29) is 22.5 Å². The number of aliphatic hydroxyl groups is 1. The summed E-state index contributed by atoms with van der Waals surface area (Å²) < 4.78 is 7.45. The van der Waals surface area contributed by atoms with Crippen LogP contribution in [0.1, 0.15) is 56.2 Å². The standard InChI is InChI=1S/C24H24O4S/c1-5-14-21(26)20-16(25)12-17(28-23(20)24(6-2,7-3)22(14)27)19-13(4)29-18-11-9-8-10-15(18)19/h8-12,26H,5-7H2,1-4H3. The SMILES string of the molecule is CCC1=C(O)c2c(oc(-c3c(C)sc4ccccc34)cc2=O)C(CC)(CC)C1=O. The predicted octanol–water partition coefficient (Wildman–Crippen LogP) is 6.15. The molecule has 0 aliphatic heterocycles. The van der Waals surface area contributed by atoms with E-state index in [1.54, 1.807) is 11.3 Å². The van der Waals surface area contributed by atoms with Gasteiger partial charge in [-0.15, -0.1) is 11.3 Å².